The van der Waals surface area contributed by atoms with E-state index in [9.17, 15) is 22.8 Å². The van der Waals surface area contributed by atoms with Crippen LogP contribution in [0.4, 0.5) is 13.2 Å². The summed E-state index contributed by atoms with van der Waals surface area (Å²) in [6.07, 6.45) is -3.28. The minimum atomic E-state index is -5.01. The average Bonchev–Trinajstić information content (AvgIpc) is 2.52. The summed E-state index contributed by atoms with van der Waals surface area (Å²) >= 11 is 0. The molecule has 1 aliphatic rings. The second kappa shape index (κ2) is 6.76. The van der Waals surface area contributed by atoms with E-state index in [-0.39, 0.29) is 17.8 Å². The normalized spacial score (nSPS) is 23.6. The number of halogens is 3. The van der Waals surface area contributed by atoms with Crippen molar-refractivity contribution in [3.05, 3.63) is 48.0 Å². The van der Waals surface area contributed by atoms with E-state index in [1.165, 1.54) is 30.4 Å². The van der Waals surface area contributed by atoms with Crippen LogP contribution in [0.3, 0.4) is 0 Å². The van der Waals surface area contributed by atoms with Gasteiger partial charge in [0.2, 0.25) is 0 Å². The second-order valence-electron chi connectivity index (χ2n) is 5.59. The van der Waals surface area contributed by atoms with Gasteiger partial charge in [0.1, 0.15) is 6.10 Å². The van der Waals surface area contributed by atoms with Crippen molar-refractivity contribution >= 4 is 11.8 Å². The van der Waals surface area contributed by atoms with E-state index < -0.39 is 29.8 Å². The second-order valence-corrected chi connectivity index (χ2v) is 5.59. The number of hydrogen-bond acceptors (Lipinski definition) is 4. The van der Waals surface area contributed by atoms with Gasteiger partial charge in [-0.15, -0.1) is 0 Å². The van der Waals surface area contributed by atoms with Crippen molar-refractivity contribution in [3.63, 3.8) is 0 Å². The number of benzene rings is 1. The largest absolute Gasteiger partial charge is 0.455 e. The fourth-order valence-electron chi connectivity index (χ4n) is 2.60. The summed E-state index contributed by atoms with van der Waals surface area (Å²) in [7, 11) is 0.810. The molecule has 1 aliphatic carbocycles. The van der Waals surface area contributed by atoms with E-state index in [1.807, 2.05) is 0 Å². The van der Waals surface area contributed by atoms with Crippen molar-refractivity contribution in [2.24, 2.45) is 5.92 Å². The van der Waals surface area contributed by atoms with Gasteiger partial charge in [-0.3, -0.25) is 4.79 Å². The summed E-state index contributed by atoms with van der Waals surface area (Å²) in [5.74, 6) is -2.13. The zero-order chi connectivity index (χ0) is 18.0. The molecule has 130 valence electrons. The third kappa shape index (κ3) is 3.21. The molecular weight excluding hydrogens is 325 g/mol. The van der Waals surface area contributed by atoms with Crippen LogP contribution >= 0.6 is 0 Å². The van der Waals surface area contributed by atoms with Gasteiger partial charge in [0, 0.05) is 18.6 Å². The third-order valence-electron chi connectivity index (χ3n) is 3.98. The van der Waals surface area contributed by atoms with Gasteiger partial charge in [-0.25, -0.2) is 4.79 Å². The summed E-state index contributed by atoms with van der Waals surface area (Å²) in [5.41, 5.74) is -3.58. The molecule has 0 amide bonds. The van der Waals surface area contributed by atoms with Crippen LogP contribution in [0.1, 0.15) is 18.9 Å². The summed E-state index contributed by atoms with van der Waals surface area (Å²) in [6.45, 7) is 1.62. The molecule has 2 rings (SSSR count). The highest BCUT2D eigenvalue weighted by molar-refractivity contribution is 5.92. The van der Waals surface area contributed by atoms with Crippen molar-refractivity contribution in [2.45, 2.75) is 31.2 Å². The van der Waals surface area contributed by atoms with E-state index >= 15 is 0 Å². The van der Waals surface area contributed by atoms with Crippen molar-refractivity contribution < 1.29 is 32.2 Å². The summed E-state index contributed by atoms with van der Waals surface area (Å²) in [6, 6.07) is 6.60. The van der Waals surface area contributed by atoms with Gasteiger partial charge < -0.3 is 9.47 Å². The molecule has 0 aromatic heterocycles. The van der Waals surface area contributed by atoms with Crippen molar-refractivity contribution in [1.29, 1.82) is 0 Å². The number of esters is 1. The predicted octanol–water partition coefficient (Wildman–Crippen LogP) is 3.17. The Labute approximate surface area is 137 Å². The molecule has 0 heterocycles. The molecule has 0 unspecified atom stereocenters. The molecule has 0 aliphatic heterocycles. The molecule has 0 N–H and O–H groups in total. The summed E-state index contributed by atoms with van der Waals surface area (Å²) < 4.78 is 50.8. The van der Waals surface area contributed by atoms with Crippen LogP contribution in [0.25, 0.3) is 0 Å². The molecule has 24 heavy (non-hydrogen) atoms. The Bertz CT molecular complexity index is 639. The predicted molar refractivity (Wildman–Crippen MR) is 79.0 cm³/mol. The van der Waals surface area contributed by atoms with E-state index in [2.05, 4.69) is 4.74 Å². The van der Waals surface area contributed by atoms with E-state index in [4.69, 9.17) is 4.74 Å². The number of hydrogen-bond donors (Lipinski definition) is 0. The van der Waals surface area contributed by atoms with Crippen LogP contribution in [-0.2, 0) is 24.7 Å². The van der Waals surface area contributed by atoms with E-state index in [0.717, 1.165) is 19.2 Å². The number of carbonyl (C=O) groups is 2. The molecule has 0 fully saturated rings. The third-order valence-corrected chi connectivity index (χ3v) is 3.98. The van der Waals surface area contributed by atoms with Crippen molar-refractivity contribution in [3.8, 4) is 0 Å². The number of carbonyl (C=O) groups excluding carboxylic acids is 2. The van der Waals surface area contributed by atoms with Gasteiger partial charge in [-0.2, -0.15) is 13.2 Å². The van der Waals surface area contributed by atoms with Crippen molar-refractivity contribution in [1.82, 2.24) is 0 Å². The van der Waals surface area contributed by atoms with Crippen LogP contribution in [0.5, 0.6) is 0 Å². The molecular formula is C17H17F3O4. The Balaban J connectivity index is 2.36. The van der Waals surface area contributed by atoms with Crippen LogP contribution < -0.4 is 0 Å². The number of rotatable bonds is 4. The molecule has 1 aromatic carbocycles. The first-order valence-corrected chi connectivity index (χ1v) is 7.33. The Hall–Kier alpha value is -2.15. The topological polar surface area (TPSA) is 52.6 Å². The number of methoxy groups -OCH3 is 1. The van der Waals surface area contributed by atoms with Gasteiger partial charge in [-0.05, 0) is 18.6 Å². The maximum absolute atomic E-state index is 13.7. The van der Waals surface area contributed by atoms with Gasteiger partial charge in [0.05, 0.1) is 0 Å². The Morgan fingerprint density at radius 3 is 2.33 bits per heavy atom. The molecule has 0 saturated heterocycles. The summed E-state index contributed by atoms with van der Waals surface area (Å²) in [5, 5.41) is 0. The molecule has 4 nitrogen and oxygen atoms in total. The van der Waals surface area contributed by atoms with Crippen LogP contribution in [0.15, 0.2) is 42.5 Å². The standard InChI is InChI=1S/C17H17F3O4/c1-11-10-13(8-9-14(11)21)24-15(22)16(23-2,17(18,19)20)12-6-4-3-5-7-12/h3-9,11,13H,10H2,1-2H3/t11-,13-,16+/m0/s1. The van der Waals surface area contributed by atoms with Crippen LogP contribution in [-0.4, -0.2) is 31.1 Å². The highest BCUT2D eigenvalue weighted by Crippen LogP contribution is 2.43. The molecule has 0 radical (unpaired) electrons. The molecule has 0 spiro atoms. The lowest BCUT2D eigenvalue weighted by Gasteiger charge is -2.34. The number of ketones is 1. The Kier molecular flexibility index (Phi) is 5.13. The highest BCUT2D eigenvalue weighted by atomic mass is 19.4. The Morgan fingerprint density at radius 2 is 1.83 bits per heavy atom. The zero-order valence-electron chi connectivity index (χ0n) is 13.2. The molecule has 1 aromatic rings. The van der Waals surface area contributed by atoms with Crippen LogP contribution in [0.2, 0.25) is 0 Å². The monoisotopic (exact) mass is 342 g/mol. The first kappa shape index (κ1) is 18.2. The molecule has 7 heteroatoms. The van der Waals surface area contributed by atoms with Gasteiger partial charge in [-0.1, -0.05) is 37.3 Å². The first-order chi connectivity index (χ1) is 11.2. The maximum Gasteiger partial charge on any atom is 0.432 e. The van der Waals surface area contributed by atoms with Crippen LogP contribution in [0, 0.1) is 5.92 Å². The number of alkyl halides is 3. The fourth-order valence-corrected chi connectivity index (χ4v) is 2.60. The van der Waals surface area contributed by atoms with Gasteiger partial charge in [0.25, 0.3) is 5.60 Å². The lowest BCUT2D eigenvalue weighted by atomic mass is 9.91. The minimum absolute atomic E-state index is 0.132. The fraction of sp³-hybridized carbons (Fsp3) is 0.412. The molecule has 3 atom stereocenters. The maximum atomic E-state index is 13.7. The van der Waals surface area contributed by atoms with E-state index in [0.29, 0.717) is 0 Å². The lowest BCUT2D eigenvalue weighted by molar-refractivity contribution is -0.277. The summed E-state index contributed by atoms with van der Waals surface area (Å²) in [4.78, 5) is 23.8. The molecule has 0 saturated carbocycles. The quantitative estimate of drug-likeness (QED) is 0.789. The lowest BCUT2D eigenvalue weighted by Crippen LogP contribution is -2.52. The van der Waals surface area contributed by atoms with Crippen molar-refractivity contribution in [2.75, 3.05) is 7.11 Å². The number of allylic oxidation sites excluding steroid dienone is 1. The SMILES string of the molecule is CO[C@@](C(=O)O[C@H]1C=CC(=O)[C@@H](C)C1)(c1ccccc1)C(F)(F)F. The first-order valence-electron chi connectivity index (χ1n) is 7.33. The Morgan fingerprint density at radius 1 is 1.21 bits per heavy atom. The van der Waals surface area contributed by atoms with Gasteiger partial charge in [0.15, 0.2) is 5.78 Å². The zero-order valence-corrected chi connectivity index (χ0v) is 13.2. The van der Waals surface area contributed by atoms with Gasteiger partial charge >= 0.3 is 12.1 Å². The highest BCUT2D eigenvalue weighted by Gasteiger charge is 2.64. The number of ether oxygens (including phenoxy) is 2. The molecule has 0 bridgehead atoms. The average molecular weight is 342 g/mol. The smallest absolute Gasteiger partial charge is 0.432 e. The van der Waals surface area contributed by atoms with E-state index in [1.54, 1.807) is 6.92 Å². The minimum Gasteiger partial charge on any atom is -0.455 e.